The van der Waals surface area contributed by atoms with Gasteiger partial charge in [-0.2, -0.15) is 0 Å². The second-order valence-corrected chi connectivity index (χ2v) is 8.45. The third-order valence-electron chi connectivity index (χ3n) is 6.07. The van der Waals surface area contributed by atoms with E-state index in [2.05, 4.69) is 50.2 Å². The van der Waals surface area contributed by atoms with E-state index in [1.54, 1.807) is 0 Å². The highest BCUT2D eigenvalue weighted by molar-refractivity contribution is 6.11. The summed E-state index contributed by atoms with van der Waals surface area (Å²) in [5.74, 6) is 0. The van der Waals surface area contributed by atoms with Gasteiger partial charge in [0.1, 0.15) is 6.29 Å². The summed E-state index contributed by atoms with van der Waals surface area (Å²) in [7, 11) is 0. The molecule has 26 heavy (non-hydrogen) atoms. The van der Waals surface area contributed by atoms with Crippen molar-refractivity contribution >= 4 is 12.0 Å². The first kappa shape index (κ1) is 17.2. The number of carbonyl (C=O) groups excluding carboxylic acids is 1. The van der Waals surface area contributed by atoms with Crippen LogP contribution in [-0.4, -0.2) is 17.5 Å². The fourth-order valence-electron chi connectivity index (χ4n) is 4.96. The number of carbonyl (C=O) groups is 1. The van der Waals surface area contributed by atoms with Crippen LogP contribution in [-0.2, 0) is 11.8 Å². The normalized spacial score (nSPS) is 20.8. The molecule has 1 saturated carbocycles. The fourth-order valence-corrected chi connectivity index (χ4v) is 4.96. The van der Waals surface area contributed by atoms with Gasteiger partial charge in [0.15, 0.2) is 0 Å². The average Bonchev–Trinajstić information content (AvgIpc) is 2.67. The molecule has 1 heterocycles. The van der Waals surface area contributed by atoms with Crippen molar-refractivity contribution in [2.75, 3.05) is 0 Å². The summed E-state index contributed by atoms with van der Waals surface area (Å²) >= 11 is 0. The van der Waals surface area contributed by atoms with Gasteiger partial charge in [0, 0.05) is 11.0 Å². The van der Waals surface area contributed by atoms with Crippen LogP contribution < -0.4 is 0 Å². The van der Waals surface area contributed by atoms with E-state index in [-0.39, 0.29) is 11.0 Å². The standard InChI is InChI=1S/C24H27NO/c1-23(2)16-18-10-4-6-12-20(18)22(25-23)24(14-8-3-9-15-24)21-13-7-5-11-19(21)17-26/h4-7,10-13,17H,3,8-9,14-16H2,1-2H3. The van der Waals surface area contributed by atoms with Gasteiger partial charge < -0.3 is 0 Å². The number of benzene rings is 2. The summed E-state index contributed by atoms with van der Waals surface area (Å²) in [6, 6.07) is 16.9. The van der Waals surface area contributed by atoms with Crippen LogP contribution in [0.2, 0.25) is 0 Å². The van der Waals surface area contributed by atoms with E-state index in [1.807, 2.05) is 12.1 Å². The van der Waals surface area contributed by atoms with E-state index < -0.39 is 0 Å². The highest BCUT2D eigenvalue weighted by Crippen LogP contribution is 2.46. The molecule has 2 heteroatoms. The van der Waals surface area contributed by atoms with Gasteiger partial charge >= 0.3 is 0 Å². The monoisotopic (exact) mass is 345 g/mol. The molecule has 0 amide bonds. The molecule has 134 valence electrons. The van der Waals surface area contributed by atoms with Gasteiger partial charge in [-0.1, -0.05) is 67.8 Å². The molecule has 4 rings (SSSR count). The zero-order chi connectivity index (χ0) is 18.2. The van der Waals surface area contributed by atoms with Crippen molar-refractivity contribution in [1.82, 2.24) is 0 Å². The molecule has 0 unspecified atom stereocenters. The molecular formula is C24H27NO. The first-order chi connectivity index (χ1) is 12.6. The molecule has 0 saturated heterocycles. The van der Waals surface area contributed by atoms with Crippen LogP contribution in [0.3, 0.4) is 0 Å². The third-order valence-corrected chi connectivity index (χ3v) is 6.07. The molecule has 1 fully saturated rings. The second-order valence-electron chi connectivity index (χ2n) is 8.45. The summed E-state index contributed by atoms with van der Waals surface area (Å²) < 4.78 is 0. The molecule has 0 N–H and O–H groups in total. The lowest BCUT2D eigenvalue weighted by atomic mass is 9.62. The smallest absolute Gasteiger partial charge is 0.150 e. The van der Waals surface area contributed by atoms with Gasteiger partial charge in [0.05, 0.1) is 11.3 Å². The third kappa shape index (κ3) is 2.82. The van der Waals surface area contributed by atoms with E-state index in [0.717, 1.165) is 31.1 Å². The van der Waals surface area contributed by atoms with E-state index in [9.17, 15) is 4.79 Å². The molecule has 2 aromatic carbocycles. The second kappa shape index (κ2) is 6.50. The Kier molecular flexibility index (Phi) is 4.30. The number of rotatable bonds is 3. The quantitative estimate of drug-likeness (QED) is 0.673. The summed E-state index contributed by atoms with van der Waals surface area (Å²) in [6.45, 7) is 4.45. The lowest BCUT2D eigenvalue weighted by Crippen LogP contribution is -2.44. The summed E-state index contributed by atoms with van der Waals surface area (Å²) in [5.41, 5.74) is 5.61. The van der Waals surface area contributed by atoms with E-state index in [4.69, 9.17) is 4.99 Å². The molecule has 0 radical (unpaired) electrons. The number of nitrogens with zero attached hydrogens (tertiary/aromatic N) is 1. The van der Waals surface area contributed by atoms with E-state index in [0.29, 0.717) is 0 Å². The predicted molar refractivity (Wildman–Crippen MR) is 107 cm³/mol. The SMILES string of the molecule is CC1(C)Cc2ccccc2C(C2(c3ccccc3C=O)CCCCC2)=N1. The van der Waals surface area contributed by atoms with Crippen molar-refractivity contribution in [3.63, 3.8) is 0 Å². The molecular weight excluding hydrogens is 318 g/mol. The van der Waals surface area contributed by atoms with Gasteiger partial charge in [-0.15, -0.1) is 0 Å². The van der Waals surface area contributed by atoms with Crippen LogP contribution in [0, 0.1) is 0 Å². The summed E-state index contributed by atoms with van der Waals surface area (Å²) in [5, 5.41) is 0. The topological polar surface area (TPSA) is 29.4 Å². The van der Waals surface area contributed by atoms with Crippen LogP contribution in [0.25, 0.3) is 0 Å². The van der Waals surface area contributed by atoms with Gasteiger partial charge in [0.2, 0.25) is 0 Å². The maximum absolute atomic E-state index is 11.8. The van der Waals surface area contributed by atoms with Crippen LogP contribution >= 0.6 is 0 Å². The molecule has 2 aromatic rings. The molecule has 0 aromatic heterocycles. The zero-order valence-electron chi connectivity index (χ0n) is 15.8. The largest absolute Gasteiger partial charge is 0.298 e. The molecule has 0 bridgehead atoms. The Bertz CT molecular complexity index is 856. The minimum Gasteiger partial charge on any atom is -0.298 e. The lowest BCUT2D eigenvalue weighted by Gasteiger charge is -2.43. The minimum atomic E-state index is -0.149. The van der Waals surface area contributed by atoms with Crippen molar-refractivity contribution < 1.29 is 4.79 Å². The number of aliphatic imine (C=N–C) groups is 1. The van der Waals surface area contributed by atoms with Crippen LogP contribution in [0.1, 0.15) is 73.0 Å². The molecule has 1 aliphatic heterocycles. The summed E-state index contributed by atoms with van der Waals surface area (Å²) in [4.78, 5) is 17.1. The van der Waals surface area contributed by atoms with Crippen LogP contribution in [0.5, 0.6) is 0 Å². The molecule has 1 aliphatic carbocycles. The van der Waals surface area contributed by atoms with Crippen LogP contribution in [0.15, 0.2) is 53.5 Å². The first-order valence-electron chi connectivity index (χ1n) is 9.79. The Balaban J connectivity index is 1.98. The average molecular weight is 345 g/mol. The maximum Gasteiger partial charge on any atom is 0.150 e. The zero-order valence-corrected chi connectivity index (χ0v) is 15.8. The van der Waals surface area contributed by atoms with Crippen molar-refractivity contribution in [1.29, 1.82) is 0 Å². The molecule has 0 spiro atoms. The lowest BCUT2D eigenvalue weighted by molar-refractivity contribution is 0.112. The van der Waals surface area contributed by atoms with Crippen LogP contribution in [0.4, 0.5) is 0 Å². The van der Waals surface area contributed by atoms with Crippen molar-refractivity contribution in [3.05, 3.63) is 70.8 Å². The van der Waals surface area contributed by atoms with Gasteiger partial charge in [-0.05, 0) is 49.8 Å². The number of fused-ring (bicyclic) bond motifs is 1. The van der Waals surface area contributed by atoms with E-state index in [1.165, 1.54) is 41.7 Å². The molecule has 0 atom stereocenters. The Labute approximate surface area is 156 Å². The Morgan fingerprint density at radius 1 is 0.923 bits per heavy atom. The first-order valence-corrected chi connectivity index (χ1v) is 9.79. The minimum absolute atomic E-state index is 0.107. The Morgan fingerprint density at radius 2 is 1.62 bits per heavy atom. The van der Waals surface area contributed by atoms with Crippen molar-refractivity contribution in [2.24, 2.45) is 4.99 Å². The number of hydrogen-bond acceptors (Lipinski definition) is 2. The highest BCUT2D eigenvalue weighted by Gasteiger charge is 2.44. The molecule has 2 nitrogen and oxygen atoms in total. The van der Waals surface area contributed by atoms with Gasteiger partial charge in [-0.3, -0.25) is 9.79 Å². The Hall–Kier alpha value is -2.22. The van der Waals surface area contributed by atoms with Gasteiger partial charge in [0.25, 0.3) is 0 Å². The number of hydrogen-bond donors (Lipinski definition) is 0. The summed E-state index contributed by atoms with van der Waals surface area (Å²) in [6.07, 6.45) is 7.78. The van der Waals surface area contributed by atoms with Gasteiger partial charge in [-0.25, -0.2) is 0 Å². The number of aldehydes is 1. The van der Waals surface area contributed by atoms with Crippen molar-refractivity contribution in [3.8, 4) is 0 Å². The maximum atomic E-state index is 11.8. The molecule has 2 aliphatic rings. The van der Waals surface area contributed by atoms with Crippen molar-refractivity contribution in [2.45, 2.75) is 63.3 Å². The highest BCUT2D eigenvalue weighted by atomic mass is 16.1. The fraction of sp³-hybridized carbons (Fsp3) is 0.417. The Morgan fingerprint density at radius 3 is 2.38 bits per heavy atom. The predicted octanol–water partition coefficient (Wildman–Crippen LogP) is 5.53. The van der Waals surface area contributed by atoms with E-state index >= 15 is 0 Å².